The van der Waals surface area contributed by atoms with Crippen LogP contribution in [0.15, 0.2) is 140 Å². The molecule has 0 fully saturated rings. The molecule has 2 aromatic heterocycles. The summed E-state index contributed by atoms with van der Waals surface area (Å²) in [6, 6.07) is 47.5. The second-order valence-electron chi connectivity index (χ2n) is 9.31. The van der Waals surface area contributed by atoms with Crippen LogP contribution >= 0.6 is 0 Å². The van der Waals surface area contributed by atoms with Gasteiger partial charge >= 0.3 is 234 Å². The first-order valence-corrected chi connectivity index (χ1v) is 14.6. The molecule has 0 aliphatic carbocycles. The molecule has 5 aromatic carbocycles. The van der Waals surface area contributed by atoms with E-state index in [2.05, 4.69) is 143 Å². The molecule has 0 atom stereocenters. The van der Waals surface area contributed by atoms with E-state index in [9.17, 15) is 0 Å². The summed E-state index contributed by atoms with van der Waals surface area (Å²) in [5.41, 5.74) is 10.7. The van der Waals surface area contributed by atoms with Gasteiger partial charge in [-0.15, -0.1) is 0 Å². The Hall–Kier alpha value is -4.63. The Bertz CT molecular complexity index is 1900. The quantitative estimate of drug-likeness (QED) is 0.197. The van der Waals surface area contributed by atoms with Crippen LogP contribution in [0.2, 0.25) is 0 Å². The molecule has 39 heavy (non-hydrogen) atoms. The van der Waals surface area contributed by atoms with Crippen LogP contribution in [-0.4, -0.2) is 29.9 Å². The third-order valence-corrected chi connectivity index (χ3v) is 9.50. The van der Waals surface area contributed by atoms with Crippen LogP contribution in [0.3, 0.4) is 0 Å². The Kier molecular flexibility index (Phi) is 6.18. The van der Waals surface area contributed by atoms with E-state index in [1.54, 1.807) is 6.20 Å². The van der Waals surface area contributed by atoms with Gasteiger partial charge in [0.1, 0.15) is 0 Å². The fourth-order valence-electron chi connectivity index (χ4n) is 5.33. The van der Waals surface area contributed by atoms with E-state index >= 15 is 0 Å². The summed E-state index contributed by atoms with van der Waals surface area (Å²) in [7, 11) is 0. The van der Waals surface area contributed by atoms with Crippen molar-refractivity contribution in [2.45, 2.75) is 0 Å². The first-order valence-electron chi connectivity index (χ1n) is 12.9. The van der Waals surface area contributed by atoms with E-state index < -0.39 is 0 Å². The molecule has 0 saturated carbocycles. The van der Waals surface area contributed by atoms with Gasteiger partial charge in [-0.2, -0.15) is 0 Å². The molecule has 0 N–H and O–H groups in total. The number of fused-ring (bicyclic) bond motifs is 1. The zero-order valence-corrected chi connectivity index (χ0v) is 22.7. The molecule has 0 bridgehead atoms. The summed E-state index contributed by atoms with van der Waals surface area (Å²) < 4.78 is 2.59. The maximum atomic E-state index is 4.49. The number of aromatic nitrogens is 3. The molecule has 0 radical (unpaired) electrons. The zero-order chi connectivity index (χ0) is 26.0. The summed E-state index contributed by atoms with van der Waals surface area (Å²) in [6.07, 6.45) is 1.74. The van der Waals surface area contributed by atoms with Crippen molar-refractivity contribution in [3.63, 3.8) is 0 Å². The van der Waals surface area contributed by atoms with E-state index in [0.29, 0.717) is 0 Å². The molecule has 7 aromatic rings. The summed E-state index contributed by atoms with van der Waals surface area (Å²) >= 11 is 0.0577. The Morgan fingerprint density at radius 3 is 1.67 bits per heavy atom. The van der Waals surface area contributed by atoms with Crippen LogP contribution in [-0.2, 0) is 0 Å². The van der Waals surface area contributed by atoms with Crippen molar-refractivity contribution >= 4 is 24.1 Å². The Balaban J connectivity index is 1.58. The standard InChI is InChI=1S/C35H23N3Se/c1-3-12-24(13-4-1)26-16-7-9-18-28(26)30-20-11-21-32-33(30)34(35(39-32)31-22-23-36-38-37-31)29-19-10-8-17-27(29)25-14-5-2-6-15-25/h1-23H. The van der Waals surface area contributed by atoms with E-state index in [4.69, 9.17) is 0 Å². The zero-order valence-electron chi connectivity index (χ0n) is 21.0. The molecule has 2 heterocycles. The van der Waals surface area contributed by atoms with Crippen LogP contribution in [0.5, 0.6) is 0 Å². The van der Waals surface area contributed by atoms with Gasteiger partial charge in [0.15, 0.2) is 0 Å². The van der Waals surface area contributed by atoms with Crippen LogP contribution in [0.1, 0.15) is 0 Å². The summed E-state index contributed by atoms with van der Waals surface area (Å²) in [6.45, 7) is 0. The Morgan fingerprint density at radius 2 is 1.03 bits per heavy atom. The fourth-order valence-corrected chi connectivity index (χ4v) is 7.87. The van der Waals surface area contributed by atoms with Crippen molar-refractivity contribution in [2.75, 3.05) is 0 Å². The van der Waals surface area contributed by atoms with Gasteiger partial charge in [0, 0.05) is 0 Å². The van der Waals surface area contributed by atoms with Gasteiger partial charge in [-0.05, 0) is 0 Å². The number of hydrogen-bond donors (Lipinski definition) is 0. The van der Waals surface area contributed by atoms with Gasteiger partial charge in [-0.1, -0.05) is 0 Å². The second kappa shape index (κ2) is 10.3. The van der Waals surface area contributed by atoms with Crippen molar-refractivity contribution in [3.05, 3.63) is 140 Å². The SMILES string of the molecule is c1ccc(-c2ccccc2-c2cccc3[se]c(-c4ccnnn4)c(-c4ccccc4-c4ccccc4)c23)cc1. The number of rotatable bonds is 5. The molecule has 0 amide bonds. The summed E-state index contributed by atoms with van der Waals surface area (Å²) in [5, 5.41) is 13.7. The van der Waals surface area contributed by atoms with E-state index in [1.165, 1.54) is 58.6 Å². The van der Waals surface area contributed by atoms with Crippen LogP contribution in [0.25, 0.3) is 64.3 Å². The summed E-state index contributed by atoms with van der Waals surface area (Å²) in [4.78, 5) is 0. The molecule has 0 unspecified atom stereocenters. The van der Waals surface area contributed by atoms with Gasteiger partial charge in [0.25, 0.3) is 0 Å². The van der Waals surface area contributed by atoms with Gasteiger partial charge < -0.3 is 0 Å². The van der Waals surface area contributed by atoms with E-state index in [1.807, 2.05) is 6.07 Å². The normalized spacial score (nSPS) is 11.1. The third kappa shape index (κ3) is 4.30. The predicted molar refractivity (Wildman–Crippen MR) is 161 cm³/mol. The molecule has 0 spiro atoms. The number of hydrogen-bond acceptors (Lipinski definition) is 3. The number of nitrogens with zero attached hydrogens (tertiary/aromatic N) is 3. The average molecular weight is 565 g/mol. The van der Waals surface area contributed by atoms with Gasteiger partial charge in [0.05, 0.1) is 0 Å². The van der Waals surface area contributed by atoms with Crippen molar-refractivity contribution in [1.29, 1.82) is 0 Å². The second-order valence-corrected chi connectivity index (χ2v) is 11.5. The maximum absolute atomic E-state index is 4.49. The summed E-state index contributed by atoms with van der Waals surface area (Å²) in [5.74, 6) is 0. The molecule has 7 rings (SSSR count). The monoisotopic (exact) mass is 565 g/mol. The molecule has 0 aliphatic rings. The molecule has 184 valence electrons. The van der Waals surface area contributed by atoms with E-state index in [-0.39, 0.29) is 14.5 Å². The van der Waals surface area contributed by atoms with Gasteiger partial charge in [0.2, 0.25) is 0 Å². The van der Waals surface area contributed by atoms with E-state index in [0.717, 1.165) is 5.69 Å². The minimum atomic E-state index is 0.0577. The number of benzene rings is 5. The van der Waals surface area contributed by atoms with Crippen molar-refractivity contribution in [1.82, 2.24) is 15.4 Å². The van der Waals surface area contributed by atoms with Gasteiger partial charge in [-0.25, -0.2) is 0 Å². The molecule has 0 aliphatic heterocycles. The van der Waals surface area contributed by atoms with Crippen LogP contribution < -0.4 is 0 Å². The topological polar surface area (TPSA) is 38.7 Å². The molecule has 0 saturated heterocycles. The Morgan fingerprint density at radius 1 is 0.462 bits per heavy atom. The van der Waals surface area contributed by atoms with Crippen molar-refractivity contribution < 1.29 is 0 Å². The fraction of sp³-hybridized carbons (Fsp3) is 0. The minimum absolute atomic E-state index is 0.0577. The first-order chi connectivity index (χ1) is 19.4. The third-order valence-electron chi connectivity index (χ3n) is 7.03. The van der Waals surface area contributed by atoms with Crippen LogP contribution in [0.4, 0.5) is 0 Å². The molecular formula is C35H23N3Se. The average Bonchev–Trinajstić information content (AvgIpc) is 3.42. The molecular weight excluding hydrogens is 541 g/mol. The van der Waals surface area contributed by atoms with Gasteiger partial charge in [-0.3, -0.25) is 0 Å². The predicted octanol–water partition coefficient (Wildman–Crippen LogP) is 8.42. The van der Waals surface area contributed by atoms with Crippen LogP contribution in [0, 0.1) is 0 Å². The van der Waals surface area contributed by atoms with Crippen molar-refractivity contribution in [2.24, 2.45) is 0 Å². The Labute approximate surface area is 233 Å². The first kappa shape index (κ1) is 23.5. The molecule has 3 nitrogen and oxygen atoms in total. The molecule has 4 heteroatoms. The van der Waals surface area contributed by atoms with Crippen molar-refractivity contribution in [3.8, 4) is 54.6 Å².